The van der Waals surface area contributed by atoms with Crippen molar-refractivity contribution in [2.45, 2.75) is 24.8 Å². The van der Waals surface area contributed by atoms with Gasteiger partial charge in [0.1, 0.15) is 5.82 Å². The average molecular weight is 340 g/mol. The minimum absolute atomic E-state index is 0.0175. The minimum Gasteiger partial charge on any atom is -0.356 e. The summed E-state index contributed by atoms with van der Waals surface area (Å²) in [5, 5.41) is 0. The summed E-state index contributed by atoms with van der Waals surface area (Å²) in [7, 11) is 1.94. The highest BCUT2D eigenvalue weighted by molar-refractivity contribution is 5.99. The molecule has 0 unspecified atom stereocenters. The monoisotopic (exact) mass is 340 g/mol. The molecule has 2 aliphatic heterocycles. The van der Waals surface area contributed by atoms with Gasteiger partial charge >= 0.3 is 0 Å². The summed E-state index contributed by atoms with van der Waals surface area (Å²) in [4.78, 5) is 26.1. The molecule has 0 bridgehead atoms. The van der Waals surface area contributed by atoms with Gasteiger partial charge < -0.3 is 20.1 Å². The number of amides is 1. The summed E-state index contributed by atoms with van der Waals surface area (Å²) in [6.07, 6.45) is 7.83. The fraction of sp³-hybridized carbons (Fsp3) is 0.500. The summed E-state index contributed by atoms with van der Waals surface area (Å²) >= 11 is 0. The van der Waals surface area contributed by atoms with Crippen molar-refractivity contribution < 1.29 is 4.79 Å². The van der Waals surface area contributed by atoms with Crippen LogP contribution in [0.2, 0.25) is 0 Å². The van der Waals surface area contributed by atoms with Gasteiger partial charge in [0.05, 0.1) is 17.6 Å². The Morgan fingerprint density at radius 3 is 2.76 bits per heavy atom. The molecule has 0 saturated carbocycles. The zero-order valence-corrected chi connectivity index (χ0v) is 14.5. The Morgan fingerprint density at radius 1 is 1.24 bits per heavy atom. The number of aryl methyl sites for hydroxylation is 1. The van der Waals surface area contributed by atoms with E-state index in [0.717, 1.165) is 37.4 Å². The Kier molecular flexibility index (Phi) is 4.17. The maximum absolute atomic E-state index is 13.1. The van der Waals surface area contributed by atoms with Crippen LogP contribution in [0.3, 0.4) is 0 Å². The molecule has 2 fully saturated rings. The van der Waals surface area contributed by atoms with Gasteiger partial charge in [-0.05, 0) is 25.0 Å². The van der Waals surface area contributed by atoms with E-state index < -0.39 is 0 Å². The number of aromatic nitrogens is 3. The Bertz CT molecular complexity index is 766. The molecule has 25 heavy (non-hydrogen) atoms. The van der Waals surface area contributed by atoms with Crippen molar-refractivity contribution in [3.8, 4) is 0 Å². The Morgan fingerprint density at radius 2 is 2.04 bits per heavy atom. The van der Waals surface area contributed by atoms with Crippen LogP contribution in [0.1, 0.15) is 34.8 Å². The molecule has 2 aliphatic rings. The fourth-order valence-corrected chi connectivity index (χ4v) is 3.85. The van der Waals surface area contributed by atoms with Gasteiger partial charge in [0, 0.05) is 57.6 Å². The number of likely N-dealkylation sites (tertiary alicyclic amines) is 1. The molecule has 2 N–H and O–H groups in total. The fourth-order valence-electron chi connectivity index (χ4n) is 3.85. The number of carbonyl (C=O) groups is 1. The number of hydrogen-bond acceptors (Lipinski definition) is 5. The molecular weight excluding hydrogens is 316 g/mol. The predicted molar refractivity (Wildman–Crippen MR) is 95.5 cm³/mol. The van der Waals surface area contributed by atoms with E-state index in [9.17, 15) is 4.79 Å². The van der Waals surface area contributed by atoms with Gasteiger partial charge in [-0.1, -0.05) is 0 Å². The maximum atomic E-state index is 13.1. The van der Waals surface area contributed by atoms with Crippen LogP contribution in [0.15, 0.2) is 30.9 Å². The van der Waals surface area contributed by atoms with E-state index in [1.54, 1.807) is 12.5 Å². The summed E-state index contributed by atoms with van der Waals surface area (Å²) in [6, 6.07) is 3.62. The van der Waals surface area contributed by atoms with Crippen molar-refractivity contribution in [3.63, 3.8) is 0 Å². The first kappa shape index (κ1) is 16.1. The van der Waals surface area contributed by atoms with E-state index in [-0.39, 0.29) is 17.9 Å². The molecule has 7 nitrogen and oxygen atoms in total. The Labute approximate surface area is 147 Å². The van der Waals surface area contributed by atoms with Gasteiger partial charge in [-0.25, -0.2) is 9.97 Å². The van der Waals surface area contributed by atoms with E-state index in [1.807, 2.05) is 34.8 Å². The molecular formula is C18H24N6O. The van der Waals surface area contributed by atoms with E-state index in [4.69, 9.17) is 5.73 Å². The SMILES string of the molecule is Cn1cnc([C@@H]2CN(C(=O)c3cccnc3N3CCCC3)C[C@H]2N)c1. The smallest absolute Gasteiger partial charge is 0.257 e. The van der Waals surface area contributed by atoms with Gasteiger partial charge in [0.2, 0.25) is 0 Å². The zero-order chi connectivity index (χ0) is 17.4. The standard InChI is InChI=1S/C18H24N6O/c1-22-11-16(21-12-22)14-9-24(10-15(14)19)18(25)13-5-4-6-20-17(13)23-7-2-3-8-23/h4-6,11-12,14-15H,2-3,7-10,19H2,1H3/t14-,15-/m1/s1. The number of rotatable bonds is 3. The number of imidazole rings is 1. The van der Waals surface area contributed by atoms with Crippen molar-refractivity contribution >= 4 is 11.7 Å². The molecule has 0 aliphatic carbocycles. The van der Waals surface area contributed by atoms with Crippen LogP contribution >= 0.6 is 0 Å². The van der Waals surface area contributed by atoms with Gasteiger partial charge in [-0.15, -0.1) is 0 Å². The number of nitrogens with zero attached hydrogens (tertiary/aromatic N) is 5. The molecule has 2 aromatic rings. The van der Waals surface area contributed by atoms with Crippen molar-refractivity contribution in [1.82, 2.24) is 19.4 Å². The predicted octanol–water partition coefficient (Wildman–Crippen LogP) is 0.982. The summed E-state index contributed by atoms with van der Waals surface area (Å²) < 4.78 is 1.92. The van der Waals surface area contributed by atoms with Crippen molar-refractivity contribution in [3.05, 3.63) is 42.1 Å². The number of anilines is 1. The molecule has 132 valence electrons. The molecule has 4 heterocycles. The molecule has 2 aromatic heterocycles. The van der Waals surface area contributed by atoms with Crippen LogP contribution in [0, 0.1) is 0 Å². The molecule has 4 rings (SSSR count). The van der Waals surface area contributed by atoms with E-state index in [2.05, 4.69) is 14.9 Å². The molecule has 2 atom stereocenters. The highest BCUT2D eigenvalue weighted by Crippen LogP contribution is 2.29. The van der Waals surface area contributed by atoms with Crippen LogP contribution in [-0.4, -0.2) is 57.6 Å². The first-order chi connectivity index (χ1) is 12.1. The maximum Gasteiger partial charge on any atom is 0.257 e. The summed E-state index contributed by atoms with van der Waals surface area (Å²) in [5.41, 5.74) is 7.95. The summed E-state index contributed by atoms with van der Waals surface area (Å²) in [6.45, 7) is 3.08. The third-order valence-electron chi connectivity index (χ3n) is 5.18. The van der Waals surface area contributed by atoms with Crippen molar-refractivity contribution in [2.75, 3.05) is 31.1 Å². The van der Waals surface area contributed by atoms with Crippen LogP contribution in [-0.2, 0) is 7.05 Å². The van der Waals surface area contributed by atoms with Gasteiger partial charge in [0.15, 0.2) is 0 Å². The molecule has 2 saturated heterocycles. The van der Waals surface area contributed by atoms with Crippen molar-refractivity contribution in [1.29, 1.82) is 0 Å². The molecule has 0 aromatic carbocycles. The first-order valence-electron chi connectivity index (χ1n) is 8.86. The number of carbonyl (C=O) groups excluding carboxylic acids is 1. The number of nitrogens with two attached hydrogens (primary N) is 1. The van der Waals surface area contributed by atoms with Gasteiger partial charge in [-0.3, -0.25) is 4.79 Å². The van der Waals surface area contributed by atoms with Crippen molar-refractivity contribution in [2.24, 2.45) is 12.8 Å². The second-order valence-corrected chi connectivity index (χ2v) is 7.01. The Balaban J connectivity index is 1.56. The van der Waals surface area contributed by atoms with Crippen LogP contribution in [0.25, 0.3) is 0 Å². The molecule has 1 amide bonds. The van der Waals surface area contributed by atoms with Crippen LogP contribution < -0.4 is 10.6 Å². The van der Waals surface area contributed by atoms with E-state index in [1.165, 1.54) is 0 Å². The molecule has 0 radical (unpaired) electrons. The molecule has 0 spiro atoms. The number of pyridine rings is 1. The van der Waals surface area contributed by atoms with Crippen LogP contribution in [0.5, 0.6) is 0 Å². The second kappa shape index (κ2) is 6.48. The average Bonchev–Trinajstić information content (AvgIpc) is 3.35. The highest BCUT2D eigenvalue weighted by atomic mass is 16.2. The van der Waals surface area contributed by atoms with Gasteiger partial charge in [0.25, 0.3) is 5.91 Å². The lowest BCUT2D eigenvalue weighted by Crippen LogP contribution is -2.33. The highest BCUT2D eigenvalue weighted by Gasteiger charge is 2.36. The quantitative estimate of drug-likeness (QED) is 0.901. The zero-order valence-electron chi connectivity index (χ0n) is 14.5. The minimum atomic E-state index is -0.0919. The lowest BCUT2D eigenvalue weighted by molar-refractivity contribution is 0.0789. The summed E-state index contributed by atoms with van der Waals surface area (Å²) in [5.74, 6) is 0.904. The van der Waals surface area contributed by atoms with E-state index >= 15 is 0 Å². The third-order valence-corrected chi connectivity index (χ3v) is 5.18. The lowest BCUT2D eigenvalue weighted by Gasteiger charge is -2.22. The topological polar surface area (TPSA) is 80.3 Å². The van der Waals surface area contributed by atoms with Crippen LogP contribution in [0.4, 0.5) is 5.82 Å². The number of hydrogen-bond donors (Lipinski definition) is 1. The normalized spacial score (nSPS) is 23.4. The first-order valence-corrected chi connectivity index (χ1v) is 8.86. The molecule has 7 heteroatoms. The largest absolute Gasteiger partial charge is 0.356 e. The second-order valence-electron chi connectivity index (χ2n) is 7.01. The Hall–Kier alpha value is -2.41. The lowest BCUT2D eigenvalue weighted by atomic mass is 10.0. The third kappa shape index (κ3) is 3.00. The van der Waals surface area contributed by atoms with E-state index in [0.29, 0.717) is 18.7 Å². The van der Waals surface area contributed by atoms with Gasteiger partial charge in [-0.2, -0.15) is 0 Å².